The Morgan fingerprint density at radius 3 is 1.96 bits per heavy atom. The van der Waals surface area contributed by atoms with E-state index in [0.29, 0.717) is 10.6 Å². The summed E-state index contributed by atoms with van der Waals surface area (Å²) in [5.74, 6) is -0.572. The summed E-state index contributed by atoms with van der Waals surface area (Å²) in [5, 5.41) is 0.686. The number of halogens is 1. The van der Waals surface area contributed by atoms with Gasteiger partial charge in [0.2, 0.25) is 0 Å². The first-order valence-electron chi connectivity index (χ1n) is 7.99. The summed E-state index contributed by atoms with van der Waals surface area (Å²) in [7, 11) is 0. The molecule has 0 bridgehead atoms. The normalized spacial score (nSPS) is 11.7. The average molecular weight is 348 g/mol. The molecule has 1 atom stereocenters. The molecule has 1 radical (unpaired) electrons. The quantitative estimate of drug-likeness (QED) is 0.554. The maximum Gasteiger partial charge on any atom is 0.199 e. The summed E-state index contributed by atoms with van der Waals surface area (Å²) < 4.78 is 0. The number of carbonyl (C=O) groups is 1. The lowest BCUT2D eigenvalue weighted by molar-refractivity contribution is 0.0961. The van der Waals surface area contributed by atoms with Crippen molar-refractivity contribution in [3.63, 3.8) is 0 Å². The Hall–Kier alpha value is -2.71. The van der Waals surface area contributed by atoms with Crippen LogP contribution in [0.5, 0.6) is 0 Å². The van der Waals surface area contributed by atoms with E-state index in [1.165, 1.54) is 0 Å². The standard InChI is InChI=1S/C22H16ClO2/c23-20-12-10-17(11-13-20)16-6-8-19(9-7-16)22(25)21(14-15-24)18-4-2-1-3-5-18/h1-13,21H,14H2. The van der Waals surface area contributed by atoms with Gasteiger partial charge in [-0.15, -0.1) is 0 Å². The number of ketones is 1. The van der Waals surface area contributed by atoms with Crippen molar-refractivity contribution in [1.82, 2.24) is 0 Å². The van der Waals surface area contributed by atoms with Crippen LogP contribution >= 0.6 is 11.6 Å². The fourth-order valence-corrected chi connectivity index (χ4v) is 2.93. The molecule has 0 aliphatic heterocycles. The van der Waals surface area contributed by atoms with Gasteiger partial charge in [0.25, 0.3) is 0 Å². The van der Waals surface area contributed by atoms with E-state index in [1.807, 2.05) is 73.0 Å². The Morgan fingerprint density at radius 2 is 1.40 bits per heavy atom. The second kappa shape index (κ2) is 7.91. The number of hydrogen-bond acceptors (Lipinski definition) is 2. The summed E-state index contributed by atoms with van der Waals surface area (Å²) in [6.07, 6.45) is 1.93. The first-order valence-corrected chi connectivity index (χ1v) is 8.37. The minimum absolute atomic E-state index is 0.0573. The van der Waals surface area contributed by atoms with Crippen LogP contribution in [-0.2, 0) is 4.79 Å². The molecule has 3 rings (SSSR count). The molecule has 25 heavy (non-hydrogen) atoms. The molecule has 123 valence electrons. The second-order valence-electron chi connectivity index (χ2n) is 5.76. The lowest BCUT2D eigenvalue weighted by atomic mass is 9.88. The molecular formula is C22H16ClO2. The van der Waals surface area contributed by atoms with E-state index < -0.39 is 5.92 Å². The predicted octanol–water partition coefficient (Wildman–Crippen LogP) is 5.47. The largest absolute Gasteiger partial charge is 0.293 e. The highest BCUT2D eigenvalue weighted by atomic mass is 35.5. The van der Waals surface area contributed by atoms with Gasteiger partial charge in [-0.1, -0.05) is 78.3 Å². The van der Waals surface area contributed by atoms with Crippen LogP contribution in [0.4, 0.5) is 0 Å². The molecule has 3 aromatic carbocycles. The van der Waals surface area contributed by atoms with Crippen molar-refractivity contribution < 1.29 is 9.59 Å². The molecule has 0 N–H and O–H groups in total. The number of Topliss-reactive ketones (excluding diaryl/α,β-unsaturated/α-hetero) is 1. The summed E-state index contributed by atoms with van der Waals surface area (Å²) in [6, 6.07) is 24.3. The van der Waals surface area contributed by atoms with Gasteiger partial charge >= 0.3 is 0 Å². The topological polar surface area (TPSA) is 34.1 Å². The van der Waals surface area contributed by atoms with Gasteiger partial charge in [0, 0.05) is 17.0 Å². The Balaban J connectivity index is 1.86. The minimum Gasteiger partial charge on any atom is -0.293 e. The summed E-state index contributed by atoms with van der Waals surface area (Å²) >= 11 is 5.91. The Labute approximate surface area is 152 Å². The number of rotatable bonds is 6. The molecule has 0 spiro atoms. The molecule has 2 nitrogen and oxygen atoms in total. The first-order chi connectivity index (χ1) is 12.2. The van der Waals surface area contributed by atoms with E-state index in [2.05, 4.69) is 0 Å². The van der Waals surface area contributed by atoms with Crippen LogP contribution in [0, 0.1) is 0 Å². The zero-order valence-corrected chi connectivity index (χ0v) is 14.2. The van der Waals surface area contributed by atoms with Crippen molar-refractivity contribution in [1.29, 1.82) is 0 Å². The van der Waals surface area contributed by atoms with Crippen molar-refractivity contribution in [3.8, 4) is 11.1 Å². The summed E-state index contributed by atoms with van der Waals surface area (Å²) in [4.78, 5) is 23.7. The minimum atomic E-state index is -0.500. The molecule has 1 unspecified atom stereocenters. The molecule has 0 aliphatic carbocycles. The van der Waals surface area contributed by atoms with E-state index >= 15 is 0 Å². The number of benzene rings is 3. The van der Waals surface area contributed by atoms with Crippen LogP contribution in [0.1, 0.15) is 28.3 Å². The molecule has 0 fully saturated rings. The molecule has 0 heterocycles. The first kappa shape index (κ1) is 17.1. The van der Waals surface area contributed by atoms with E-state index in [0.717, 1.165) is 16.7 Å². The van der Waals surface area contributed by atoms with Crippen LogP contribution < -0.4 is 0 Å². The molecule has 0 aromatic heterocycles. The maximum absolute atomic E-state index is 12.8. The molecule has 0 saturated heterocycles. The zero-order chi connectivity index (χ0) is 17.6. The van der Waals surface area contributed by atoms with Gasteiger partial charge in [0.05, 0.1) is 5.92 Å². The van der Waals surface area contributed by atoms with Crippen molar-refractivity contribution in [2.75, 3.05) is 0 Å². The summed E-state index contributed by atoms with van der Waals surface area (Å²) in [5.41, 5.74) is 3.45. The predicted molar refractivity (Wildman–Crippen MR) is 101 cm³/mol. The summed E-state index contributed by atoms with van der Waals surface area (Å²) in [6.45, 7) is 0. The van der Waals surface area contributed by atoms with Crippen LogP contribution in [-0.4, -0.2) is 12.1 Å². The Kier molecular flexibility index (Phi) is 5.42. The van der Waals surface area contributed by atoms with Crippen LogP contribution in [0.3, 0.4) is 0 Å². The van der Waals surface area contributed by atoms with Gasteiger partial charge in [-0.2, -0.15) is 0 Å². The third kappa shape index (κ3) is 4.04. The van der Waals surface area contributed by atoms with Crippen molar-refractivity contribution >= 4 is 23.7 Å². The van der Waals surface area contributed by atoms with Crippen LogP contribution in [0.2, 0.25) is 5.02 Å². The third-order valence-corrected chi connectivity index (χ3v) is 4.40. The Bertz CT molecular complexity index is 853. The average Bonchev–Trinajstić information content (AvgIpc) is 2.67. The zero-order valence-electron chi connectivity index (χ0n) is 13.5. The van der Waals surface area contributed by atoms with E-state index in [4.69, 9.17) is 11.6 Å². The molecular weight excluding hydrogens is 332 g/mol. The number of carbonyl (C=O) groups excluding carboxylic acids is 2. The van der Waals surface area contributed by atoms with Gasteiger partial charge in [-0.3, -0.25) is 9.59 Å². The third-order valence-electron chi connectivity index (χ3n) is 4.15. The van der Waals surface area contributed by atoms with Gasteiger partial charge in [-0.25, -0.2) is 0 Å². The van der Waals surface area contributed by atoms with E-state index in [1.54, 1.807) is 12.1 Å². The van der Waals surface area contributed by atoms with Gasteiger partial charge < -0.3 is 0 Å². The number of hydrogen-bond donors (Lipinski definition) is 0. The highest BCUT2D eigenvalue weighted by Gasteiger charge is 2.21. The Morgan fingerprint density at radius 1 is 0.840 bits per heavy atom. The smallest absolute Gasteiger partial charge is 0.199 e. The van der Waals surface area contributed by atoms with Crippen molar-refractivity contribution in [2.45, 2.75) is 12.3 Å². The van der Waals surface area contributed by atoms with Crippen LogP contribution in [0.15, 0.2) is 78.9 Å². The lowest BCUT2D eigenvalue weighted by Crippen LogP contribution is -2.13. The molecule has 0 saturated carbocycles. The fourth-order valence-electron chi connectivity index (χ4n) is 2.80. The van der Waals surface area contributed by atoms with Gasteiger partial charge in [0.1, 0.15) is 0 Å². The highest BCUT2D eigenvalue weighted by Crippen LogP contribution is 2.26. The van der Waals surface area contributed by atoms with E-state index in [9.17, 15) is 9.59 Å². The van der Waals surface area contributed by atoms with Crippen LogP contribution in [0.25, 0.3) is 11.1 Å². The lowest BCUT2D eigenvalue weighted by Gasteiger charge is -2.14. The molecule has 3 heteroatoms. The maximum atomic E-state index is 12.8. The van der Waals surface area contributed by atoms with Gasteiger partial charge in [-0.05, 0) is 28.8 Å². The SMILES string of the molecule is O=[C]CC(C(=O)c1ccc(-c2ccc(Cl)cc2)cc1)c1ccccc1. The van der Waals surface area contributed by atoms with Crippen molar-refractivity contribution in [2.24, 2.45) is 0 Å². The second-order valence-corrected chi connectivity index (χ2v) is 6.20. The van der Waals surface area contributed by atoms with Gasteiger partial charge in [0.15, 0.2) is 12.1 Å². The molecule has 0 amide bonds. The molecule has 0 aliphatic rings. The fraction of sp³-hybridized carbons (Fsp3) is 0.0909. The molecule has 3 aromatic rings. The van der Waals surface area contributed by atoms with Crippen molar-refractivity contribution in [3.05, 3.63) is 95.0 Å². The van der Waals surface area contributed by atoms with E-state index in [-0.39, 0.29) is 12.2 Å². The monoisotopic (exact) mass is 347 g/mol. The highest BCUT2D eigenvalue weighted by molar-refractivity contribution is 6.30.